The summed E-state index contributed by atoms with van der Waals surface area (Å²) >= 11 is 1.43. The predicted molar refractivity (Wildman–Crippen MR) is 86.9 cm³/mol. The molecule has 0 aliphatic heterocycles. The molecule has 9 heteroatoms. The topological polar surface area (TPSA) is 102 Å². The average molecular weight is 334 g/mol. The van der Waals surface area contributed by atoms with Gasteiger partial charge in [0.2, 0.25) is 5.91 Å². The molecule has 2 aromatic rings. The number of urea groups is 1. The van der Waals surface area contributed by atoms with E-state index in [1.165, 1.54) is 18.8 Å². The Morgan fingerprint density at radius 3 is 2.65 bits per heavy atom. The number of carbonyl (C=O) groups excluding carboxylic acids is 2. The van der Waals surface area contributed by atoms with Crippen molar-refractivity contribution >= 4 is 23.7 Å². The fourth-order valence-electron chi connectivity index (χ4n) is 1.88. The minimum Gasteiger partial charge on any atom is -0.341 e. The second-order valence-corrected chi connectivity index (χ2v) is 5.57. The van der Waals surface area contributed by atoms with Crippen molar-refractivity contribution in [3.8, 4) is 11.4 Å². The highest BCUT2D eigenvalue weighted by Crippen LogP contribution is 2.23. The zero-order chi connectivity index (χ0) is 16.7. The van der Waals surface area contributed by atoms with Crippen LogP contribution in [0.2, 0.25) is 0 Å². The highest BCUT2D eigenvalue weighted by molar-refractivity contribution is 7.99. The Labute approximate surface area is 138 Å². The van der Waals surface area contributed by atoms with Gasteiger partial charge in [-0.15, -0.1) is 10.2 Å². The summed E-state index contributed by atoms with van der Waals surface area (Å²) in [6.07, 6.45) is 3.64. The zero-order valence-corrected chi connectivity index (χ0v) is 13.8. The number of rotatable bonds is 6. The molecule has 0 bridgehead atoms. The number of nitrogens with one attached hydrogen (secondary N) is 2. The normalized spacial score (nSPS) is 10.3. The first kappa shape index (κ1) is 16.9. The molecule has 2 heterocycles. The van der Waals surface area contributed by atoms with Crippen molar-refractivity contribution in [1.29, 1.82) is 0 Å². The maximum absolute atomic E-state index is 11.5. The van der Waals surface area contributed by atoms with E-state index in [2.05, 4.69) is 25.8 Å². The van der Waals surface area contributed by atoms with Gasteiger partial charge >= 0.3 is 6.03 Å². The van der Waals surface area contributed by atoms with Crippen LogP contribution in [0, 0.1) is 0 Å². The molecule has 8 nitrogen and oxygen atoms in total. The van der Waals surface area contributed by atoms with Crippen molar-refractivity contribution < 1.29 is 9.59 Å². The fourth-order valence-corrected chi connectivity index (χ4v) is 2.82. The lowest BCUT2D eigenvalue weighted by Crippen LogP contribution is -2.37. The van der Waals surface area contributed by atoms with Crippen molar-refractivity contribution in [2.24, 2.45) is 0 Å². The van der Waals surface area contributed by atoms with Gasteiger partial charge < -0.3 is 9.88 Å². The Morgan fingerprint density at radius 2 is 2.00 bits per heavy atom. The SMILES string of the molecule is CCn1c(SCCC(=O)NC(=O)NC)nnc1-c1ccncc1. The summed E-state index contributed by atoms with van der Waals surface area (Å²) in [7, 11) is 1.46. The van der Waals surface area contributed by atoms with E-state index in [9.17, 15) is 9.59 Å². The molecule has 0 aromatic carbocycles. The number of hydrogen-bond acceptors (Lipinski definition) is 6. The number of amides is 3. The Hall–Kier alpha value is -2.42. The van der Waals surface area contributed by atoms with E-state index in [1.807, 2.05) is 23.6 Å². The quantitative estimate of drug-likeness (QED) is 0.772. The van der Waals surface area contributed by atoms with Gasteiger partial charge in [-0.2, -0.15) is 0 Å². The molecular formula is C14H18N6O2S. The Balaban J connectivity index is 1.98. The van der Waals surface area contributed by atoms with Gasteiger partial charge in [0, 0.05) is 43.7 Å². The van der Waals surface area contributed by atoms with Crippen LogP contribution in [-0.2, 0) is 11.3 Å². The molecule has 2 rings (SSSR count). The highest BCUT2D eigenvalue weighted by atomic mass is 32.2. The second-order valence-electron chi connectivity index (χ2n) is 4.51. The molecule has 2 aromatic heterocycles. The molecule has 0 aliphatic carbocycles. The standard InChI is InChI=1S/C14H18N6O2S/c1-3-20-12(10-4-7-16-8-5-10)18-19-14(20)23-9-6-11(21)17-13(22)15-2/h4-5,7-8H,3,6,9H2,1-2H3,(H2,15,17,21,22). The maximum atomic E-state index is 11.5. The zero-order valence-electron chi connectivity index (χ0n) is 12.9. The average Bonchev–Trinajstić information content (AvgIpc) is 2.98. The lowest BCUT2D eigenvalue weighted by Gasteiger charge is -2.07. The Kier molecular flexibility index (Phi) is 6.10. The predicted octanol–water partition coefficient (Wildman–Crippen LogP) is 1.30. The molecular weight excluding hydrogens is 316 g/mol. The minimum atomic E-state index is -0.503. The fraction of sp³-hybridized carbons (Fsp3) is 0.357. The Morgan fingerprint density at radius 1 is 1.26 bits per heavy atom. The number of hydrogen-bond donors (Lipinski definition) is 2. The lowest BCUT2D eigenvalue weighted by molar-refractivity contribution is -0.119. The van der Waals surface area contributed by atoms with Crippen molar-refractivity contribution in [2.75, 3.05) is 12.8 Å². The summed E-state index contributed by atoms with van der Waals surface area (Å²) in [6.45, 7) is 2.73. The van der Waals surface area contributed by atoms with E-state index >= 15 is 0 Å². The van der Waals surface area contributed by atoms with Crippen LogP contribution >= 0.6 is 11.8 Å². The summed E-state index contributed by atoms with van der Waals surface area (Å²) in [6, 6.07) is 3.25. The third-order valence-electron chi connectivity index (χ3n) is 3.01. The Bertz CT molecular complexity index is 673. The molecule has 2 N–H and O–H groups in total. The van der Waals surface area contributed by atoms with E-state index < -0.39 is 6.03 Å². The van der Waals surface area contributed by atoms with Crippen molar-refractivity contribution in [1.82, 2.24) is 30.4 Å². The first-order valence-corrected chi connectivity index (χ1v) is 8.12. The molecule has 0 saturated heterocycles. The van der Waals surface area contributed by atoms with E-state index in [1.54, 1.807) is 12.4 Å². The van der Waals surface area contributed by atoms with Crippen LogP contribution in [0.1, 0.15) is 13.3 Å². The summed E-state index contributed by atoms with van der Waals surface area (Å²) in [4.78, 5) is 26.6. The van der Waals surface area contributed by atoms with E-state index in [4.69, 9.17) is 0 Å². The van der Waals surface area contributed by atoms with Gasteiger partial charge in [0.25, 0.3) is 0 Å². The molecule has 0 fully saturated rings. The van der Waals surface area contributed by atoms with Crippen molar-refractivity contribution in [2.45, 2.75) is 25.0 Å². The van der Waals surface area contributed by atoms with E-state index in [0.29, 0.717) is 5.75 Å². The van der Waals surface area contributed by atoms with Gasteiger partial charge in [-0.3, -0.25) is 15.1 Å². The monoisotopic (exact) mass is 334 g/mol. The largest absolute Gasteiger partial charge is 0.341 e. The molecule has 0 saturated carbocycles. The molecule has 23 heavy (non-hydrogen) atoms. The number of pyridine rings is 1. The van der Waals surface area contributed by atoms with Gasteiger partial charge in [-0.05, 0) is 19.1 Å². The highest BCUT2D eigenvalue weighted by Gasteiger charge is 2.14. The first-order valence-electron chi connectivity index (χ1n) is 7.13. The summed E-state index contributed by atoms with van der Waals surface area (Å²) in [5, 5.41) is 13.7. The molecule has 0 unspecified atom stereocenters. The molecule has 0 spiro atoms. The van der Waals surface area contributed by atoms with Gasteiger partial charge in [0.05, 0.1) is 0 Å². The third kappa shape index (κ3) is 4.52. The van der Waals surface area contributed by atoms with Crippen LogP contribution in [0.15, 0.2) is 29.7 Å². The number of carbonyl (C=O) groups is 2. The van der Waals surface area contributed by atoms with Crippen LogP contribution in [0.3, 0.4) is 0 Å². The van der Waals surface area contributed by atoms with Gasteiger partial charge in [0.15, 0.2) is 11.0 Å². The number of aromatic nitrogens is 4. The minimum absolute atomic E-state index is 0.221. The molecule has 3 amide bonds. The summed E-state index contributed by atoms with van der Waals surface area (Å²) in [5.41, 5.74) is 0.943. The van der Waals surface area contributed by atoms with E-state index in [-0.39, 0.29) is 12.3 Å². The van der Waals surface area contributed by atoms with Crippen molar-refractivity contribution in [3.63, 3.8) is 0 Å². The van der Waals surface area contributed by atoms with Crippen LogP contribution in [0.25, 0.3) is 11.4 Å². The molecule has 0 aliphatic rings. The smallest absolute Gasteiger partial charge is 0.321 e. The van der Waals surface area contributed by atoms with Crippen LogP contribution in [0.4, 0.5) is 4.79 Å². The van der Waals surface area contributed by atoms with Crippen molar-refractivity contribution in [3.05, 3.63) is 24.5 Å². The van der Waals surface area contributed by atoms with Gasteiger partial charge in [-0.25, -0.2) is 4.79 Å². The summed E-state index contributed by atoms with van der Waals surface area (Å²) < 4.78 is 1.98. The number of imide groups is 1. The van der Waals surface area contributed by atoms with Crippen LogP contribution in [0.5, 0.6) is 0 Å². The second kappa shape index (κ2) is 8.28. The van der Waals surface area contributed by atoms with Crippen LogP contribution in [-0.4, -0.2) is 44.5 Å². The molecule has 0 atom stereocenters. The van der Waals surface area contributed by atoms with Crippen LogP contribution < -0.4 is 10.6 Å². The maximum Gasteiger partial charge on any atom is 0.321 e. The summed E-state index contributed by atoms with van der Waals surface area (Å²) in [5.74, 6) is 0.957. The lowest BCUT2D eigenvalue weighted by atomic mass is 10.2. The van der Waals surface area contributed by atoms with E-state index in [0.717, 1.165) is 23.1 Å². The van der Waals surface area contributed by atoms with Gasteiger partial charge in [0.1, 0.15) is 0 Å². The first-order chi connectivity index (χ1) is 11.2. The third-order valence-corrected chi connectivity index (χ3v) is 3.98. The molecule has 122 valence electrons. The number of nitrogens with zero attached hydrogens (tertiary/aromatic N) is 4. The number of thioether (sulfide) groups is 1. The molecule has 0 radical (unpaired) electrons. The van der Waals surface area contributed by atoms with Gasteiger partial charge in [-0.1, -0.05) is 11.8 Å².